The van der Waals surface area contributed by atoms with E-state index in [1.54, 1.807) is 10.6 Å². The smallest absolute Gasteiger partial charge is 0.254 e. The molecule has 18 heavy (non-hydrogen) atoms. The molecule has 2 N–H and O–H groups in total. The third-order valence-corrected chi connectivity index (χ3v) is 3.14. The number of nitrogen functional groups attached to an aromatic ring is 1. The Morgan fingerprint density at radius 2 is 2.00 bits per heavy atom. The second-order valence-corrected chi connectivity index (χ2v) is 4.50. The Kier molecular flexibility index (Phi) is 3.19. The van der Waals surface area contributed by atoms with E-state index in [1.807, 2.05) is 39.0 Å². The summed E-state index contributed by atoms with van der Waals surface area (Å²) in [5.41, 5.74) is 9.41. The molecule has 0 atom stereocenters. The summed E-state index contributed by atoms with van der Waals surface area (Å²) >= 11 is 0. The normalized spacial score (nSPS) is 10.6. The Morgan fingerprint density at radius 1 is 1.28 bits per heavy atom. The molecule has 0 aliphatic carbocycles. The molecule has 1 aromatic heterocycles. The number of benzene rings is 1. The minimum Gasteiger partial charge on any atom is -0.399 e. The number of nitrogens with zero attached hydrogens (tertiary/aromatic N) is 2. The van der Waals surface area contributed by atoms with Gasteiger partial charge in [-0.05, 0) is 38.0 Å². The highest BCUT2D eigenvalue weighted by atomic mass is 16.1. The number of anilines is 1. The fourth-order valence-corrected chi connectivity index (χ4v) is 2.00. The molecule has 0 aliphatic rings. The highest BCUT2D eigenvalue weighted by molar-refractivity contribution is 5.50. The van der Waals surface area contributed by atoms with Crippen LogP contribution in [0.5, 0.6) is 0 Å². The number of aryl methyl sites for hydroxylation is 2. The van der Waals surface area contributed by atoms with Crippen LogP contribution in [0.4, 0.5) is 5.69 Å². The van der Waals surface area contributed by atoms with Crippen molar-refractivity contribution in [2.75, 3.05) is 5.73 Å². The third kappa shape index (κ3) is 2.27. The molecule has 4 nitrogen and oxygen atoms in total. The van der Waals surface area contributed by atoms with Gasteiger partial charge in [-0.2, -0.15) is 0 Å². The number of aromatic nitrogens is 2. The topological polar surface area (TPSA) is 60.9 Å². The van der Waals surface area contributed by atoms with Gasteiger partial charge in [0.1, 0.15) is 5.82 Å². The zero-order chi connectivity index (χ0) is 13.3. The summed E-state index contributed by atoms with van der Waals surface area (Å²) in [6, 6.07) is 7.30. The van der Waals surface area contributed by atoms with E-state index in [0.717, 1.165) is 28.3 Å². The van der Waals surface area contributed by atoms with Crippen LogP contribution in [-0.2, 0) is 6.54 Å². The summed E-state index contributed by atoms with van der Waals surface area (Å²) < 4.78 is 1.66. The summed E-state index contributed by atoms with van der Waals surface area (Å²) in [5.74, 6) is 0.724. The molecule has 0 fully saturated rings. The molecular formula is C14H17N3O. The van der Waals surface area contributed by atoms with E-state index in [-0.39, 0.29) is 5.56 Å². The van der Waals surface area contributed by atoms with Crippen molar-refractivity contribution < 1.29 is 0 Å². The zero-order valence-electron chi connectivity index (χ0n) is 10.9. The van der Waals surface area contributed by atoms with E-state index in [4.69, 9.17) is 5.73 Å². The number of hydrogen-bond donors (Lipinski definition) is 1. The molecule has 0 radical (unpaired) electrons. The summed E-state index contributed by atoms with van der Waals surface area (Å²) in [5, 5.41) is 0. The van der Waals surface area contributed by atoms with Crippen LogP contribution < -0.4 is 11.3 Å². The average Bonchev–Trinajstić information content (AvgIpc) is 2.28. The van der Waals surface area contributed by atoms with Gasteiger partial charge in [0.25, 0.3) is 5.56 Å². The Bertz CT molecular complexity index is 644. The lowest BCUT2D eigenvalue weighted by molar-refractivity contribution is 0.692. The summed E-state index contributed by atoms with van der Waals surface area (Å²) in [6.45, 7) is 6.14. The molecule has 0 amide bonds. The number of nitrogens with two attached hydrogens (primary N) is 1. The highest BCUT2D eigenvalue weighted by Gasteiger charge is 2.07. The van der Waals surface area contributed by atoms with Gasteiger partial charge in [-0.3, -0.25) is 9.36 Å². The summed E-state index contributed by atoms with van der Waals surface area (Å²) in [7, 11) is 0. The lowest BCUT2D eigenvalue weighted by Gasteiger charge is -2.12. The van der Waals surface area contributed by atoms with Crippen molar-refractivity contribution in [2.45, 2.75) is 27.3 Å². The van der Waals surface area contributed by atoms with Gasteiger partial charge in [-0.25, -0.2) is 4.98 Å². The van der Waals surface area contributed by atoms with Gasteiger partial charge in [-0.15, -0.1) is 0 Å². The van der Waals surface area contributed by atoms with Crippen LogP contribution in [0.15, 0.2) is 29.1 Å². The average molecular weight is 243 g/mol. The molecule has 4 heteroatoms. The second kappa shape index (κ2) is 4.64. The van der Waals surface area contributed by atoms with E-state index >= 15 is 0 Å². The lowest BCUT2D eigenvalue weighted by atomic mass is 10.1. The van der Waals surface area contributed by atoms with Gasteiger partial charge in [0.05, 0.1) is 6.54 Å². The third-order valence-electron chi connectivity index (χ3n) is 3.14. The van der Waals surface area contributed by atoms with E-state index in [2.05, 4.69) is 4.98 Å². The minimum absolute atomic E-state index is 0.0261. The fourth-order valence-electron chi connectivity index (χ4n) is 2.00. The predicted octanol–water partition coefficient (Wildman–Crippen LogP) is 1.80. The largest absolute Gasteiger partial charge is 0.399 e. The molecule has 1 aromatic carbocycles. The highest BCUT2D eigenvalue weighted by Crippen LogP contribution is 2.16. The van der Waals surface area contributed by atoms with Crippen LogP contribution in [0.2, 0.25) is 0 Å². The van der Waals surface area contributed by atoms with Gasteiger partial charge < -0.3 is 5.73 Å². The predicted molar refractivity (Wildman–Crippen MR) is 72.7 cm³/mol. The molecule has 94 valence electrons. The summed E-state index contributed by atoms with van der Waals surface area (Å²) in [4.78, 5) is 16.3. The molecule has 0 bridgehead atoms. The Balaban J connectivity index is 2.47. The quantitative estimate of drug-likeness (QED) is 0.818. The first kappa shape index (κ1) is 12.4. The first-order valence-corrected chi connectivity index (χ1v) is 5.88. The molecule has 0 saturated carbocycles. The van der Waals surface area contributed by atoms with Crippen LogP contribution in [0.25, 0.3) is 0 Å². The van der Waals surface area contributed by atoms with Crippen molar-refractivity contribution in [3.05, 3.63) is 57.3 Å². The van der Waals surface area contributed by atoms with Crippen molar-refractivity contribution in [1.82, 2.24) is 9.55 Å². The van der Waals surface area contributed by atoms with Gasteiger partial charge in [0.2, 0.25) is 0 Å². The maximum Gasteiger partial charge on any atom is 0.254 e. The molecule has 0 unspecified atom stereocenters. The van der Waals surface area contributed by atoms with Crippen LogP contribution in [0, 0.1) is 20.8 Å². The van der Waals surface area contributed by atoms with E-state index in [9.17, 15) is 4.79 Å². The van der Waals surface area contributed by atoms with E-state index in [1.165, 1.54) is 0 Å². The molecule has 2 rings (SSSR count). The first-order chi connectivity index (χ1) is 8.49. The lowest BCUT2D eigenvalue weighted by Crippen LogP contribution is -2.24. The van der Waals surface area contributed by atoms with Crippen LogP contribution in [0.3, 0.4) is 0 Å². The number of hydrogen-bond acceptors (Lipinski definition) is 3. The standard InChI is InChI=1S/C14H17N3O/c1-9-7-14(18)17(11(3)16-9)8-12-5-4-6-13(15)10(12)2/h4-7H,8,15H2,1-3H3. The van der Waals surface area contributed by atoms with Gasteiger partial charge >= 0.3 is 0 Å². The Hall–Kier alpha value is -2.10. The van der Waals surface area contributed by atoms with Crippen molar-refractivity contribution in [2.24, 2.45) is 0 Å². The monoisotopic (exact) mass is 243 g/mol. The van der Waals surface area contributed by atoms with Crippen LogP contribution in [0.1, 0.15) is 22.6 Å². The molecule has 0 spiro atoms. The first-order valence-electron chi connectivity index (χ1n) is 5.88. The second-order valence-electron chi connectivity index (χ2n) is 4.50. The molecule has 1 heterocycles. The molecule has 0 aliphatic heterocycles. The molecule has 0 saturated heterocycles. The number of rotatable bonds is 2. The minimum atomic E-state index is -0.0261. The van der Waals surface area contributed by atoms with Crippen molar-refractivity contribution >= 4 is 5.69 Å². The van der Waals surface area contributed by atoms with Gasteiger partial charge in [-0.1, -0.05) is 12.1 Å². The van der Waals surface area contributed by atoms with Crippen LogP contribution >= 0.6 is 0 Å². The maximum absolute atomic E-state index is 12.0. The van der Waals surface area contributed by atoms with Crippen molar-refractivity contribution in [1.29, 1.82) is 0 Å². The Labute approximate surface area is 106 Å². The van der Waals surface area contributed by atoms with Crippen molar-refractivity contribution in [3.8, 4) is 0 Å². The van der Waals surface area contributed by atoms with Gasteiger partial charge in [0.15, 0.2) is 0 Å². The molecular weight excluding hydrogens is 226 g/mol. The summed E-state index contributed by atoms with van der Waals surface area (Å²) in [6.07, 6.45) is 0. The van der Waals surface area contributed by atoms with Crippen LogP contribution in [-0.4, -0.2) is 9.55 Å². The SMILES string of the molecule is Cc1cc(=O)n(Cc2cccc(N)c2C)c(C)n1. The maximum atomic E-state index is 12.0. The van der Waals surface area contributed by atoms with E-state index in [0.29, 0.717) is 6.54 Å². The molecule has 2 aromatic rings. The Morgan fingerprint density at radius 3 is 2.67 bits per heavy atom. The zero-order valence-corrected chi connectivity index (χ0v) is 10.9. The van der Waals surface area contributed by atoms with E-state index < -0.39 is 0 Å². The van der Waals surface area contributed by atoms with Crippen molar-refractivity contribution in [3.63, 3.8) is 0 Å². The fraction of sp³-hybridized carbons (Fsp3) is 0.286. The van der Waals surface area contributed by atoms with Gasteiger partial charge in [0, 0.05) is 17.4 Å².